The van der Waals surface area contributed by atoms with Gasteiger partial charge in [-0.2, -0.15) is 0 Å². The molecule has 1 saturated heterocycles. The Balaban J connectivity index is 1.50. The van der Waals surface area contributed by atoms with E-state index >= 15 is 0 Å². The molecule has 0 spiro atoms. The van der Waals surface area contributed by atoms with Gasteiger partial charge in [-0.25, -0.2) is 9.59 Å². The molecule has 0 N–H and O–H groups in total. The zero-order valence-corrected chi connectivity index (χ0v) is 9.67. The van der Waals surface area contributed by atoms with Crippen LogP contribution in [0.15, 0.2) is 11.1 Å². The zero-order chi connectivity index (χ0) is 11.8. The molecular weight excluding hydrogens is 232 g/mol. The van der Waals surface area contributed by atoms with Gasteiger partial charge in [-0.3, -0.25) is 0 Å². The van der Waals surface area contributed by atoms with E-state index < -0.39 is 0 Å². The van der Waals surface area contributed by atoms with Crippen LogP contribution in [0.4, 0.5) is 0 Å². The number of carbonyl (C=O) groups is 2. The van der Waals surface area contributed by atoms with Crippen molar-refractivity contribution in [1.29, 1.82) is 0 Å². The summed E-state index contributed by atoms with van der Waals surface area (Å²) in [4.78, 5) is 23.4. The van der Waals surface area contributed by atoms with E-state index in [0.29, 0.717) is 41.8 Å². The van der Waals surface area contributed by atoms with Crippen molar-refractivity contribution in [2.75, 3.05) is 0 Å². The van der Waals surface area contributed by atoms with Gasteiger partial charge in [-0.15, -0.1) is 0 Å². The quantitative estimate of drug-likeness (QED) is 0.357. The summed E-state index contributed by atoms with van der Waals surface area (Å²) in [5, 5.41) is 0. The van der Waals surface area contributed by atoms with Crippen LogP contribution in [-0.4, -0.2) is 24.1 Å². The largest absolute Gasteiger partial charge is 0.386 e. The van der Waals surface area contributed by atoms with Gasteiger partial charge in [0.1, 0.15) is 0 Å². The number of epoxide rings is 1. The Morgan fingerprint density at radius 2 is 1.61 bits per heavy atom. The molecule has 4 aliphatic carbocycles. The first-order chi connectivity index (χ1) is 8.75. The Labute approximate surface area is 103 Å². The maximum Gasteiger partial charge on any atom is 0.342 e. The van der Waals surface area contributed by atoms with Crippen molar-refractivity contribution >= 4 is 11.9 Å². The van der Waals surface area contributed by atoms with E-state index in [1.165, 1.54) is 12.8 Å². The molecule has 0 aromatic heterocycles. The fourth-order valence-corrected chi connectivity index (χ4v) is 6.09. The maximum absolute atomic E-state index is 11.7. The first kappa shape index (κ1) is 8.86. The minimum absolute atomic E-state index is 0.327. The van der Waals surface area contributed by atoms with Crippen LogP contribution < -0.4 is 0 Å². The average molecular weight is 244 g/mol. The molecule has 4 fully saturated rings. The molecule has 0 amide bonds. The number of cyclic esters (lactones) is 2. The highest BCUT2D eigenvalue weighted by atomic mass is 16.6. The van der Waals surface area contributed by atoms with Crippen LogP contribution in [0.25, 0.3) is 0 Å². The number of fused-ring (bicyclic) bond motifs is 12. The Morgan fingerprint density at radius 1 is 0.889 bits per heavy atom. The van der Waals surface area contributed by atoms with Crippen LogP contribution in [0, 0.1) is 35.5 Å². The van der Waals surface area contributed by atoms with Crippen molar-refractivity contribution in [2.45, 2.75) is 25.0 Å². The van der Waals surface area contributed by atoms with Crippen molar-refractivity contribution in [1.82, 2.24) is 0 Å². The predicted octanol–water partition coefficient (Wildman–Crippen LogP) is 0.666. The number of esters is 2. The SMILES string of the molecule is O=C1OC(=O)C2=C1C1C3CC(C21)C1C3CC2OC21. The van der Waals surface area contributed by atoms with E-state index in [-0.39, 0.29) is 11.9 Å². The van der Waals surface area contributed by atoms with E-state index in [9.17, 15) is 9.59 Å². The fourth-order valence-electron chi connectivity index (χ4n) is 6.09. The second-order valence-electron chi connectivity index (χ2n) is 6.74. The van der Waals surface area contributed by atoms with Crippen LogP contribution in [0.3, 0.4) is 0 Å². The van der Waals surface area contributed by atoms with Gasteiger partial charge in [0.25, 0.3) is 0 Å². The van der Waals surface area contributed by atoms with Crippen LogP contribution in [0.5, 0.6) is 0 Å². The van der Waals surface area contributed by atoms with Gasteiger partial charge in [-0.1, -0.05) is 0 Å². The van der Waals surface area contributed by atoms with Gasteiger partial charge in [0, 0.05) is 11.8 Å². The smallest absolute Gasteiger partial charge is 0.342 e. The van der Waals surface area contributed by atoms with Gasteiger partial charge in [0.15, 0.2) is 0 Å². The predicted molar refractivity (Wildman–Crippen MR) is 57.0 cm³/mol. The van der Waals surface area contributed by atoms with E-state index in [1.54, 1.807) is 0 Å². The molecule has 6 aliphatic rings. The normalized spacial score (nSPS) is 61.1. The second kappa shape index (κ2) is 2.31. The summed E-state index contributed by atoms with van der Waals surface area (Å²) in [5.74, 6) is 2.59. The second-order valence-corrected chi connectivity index (χ2v) is 6.74. The molecule has 2 bridgehead atoms. The van der Waals surface area contributed by atoms with Crippen LogP contribution >= 0.6 is 0 Å². The molecule has 2 heterocycles. The monoisotopic (exact) mass is 244 g/mol. The highest BCUT2D eigenvalue weighted by molar-refractivity contribution is 6.15. The summed E-state index contributed by atoms with van der Waals surface area (Å²) in [7, 11) is 0. The molecule has 4 heteroatoms. The summed E-state index contributed by atoms with van der Waals surface area (Å²) in [6.07, 6.45) is 3.36. The third kappa shape index (κ3) is 0.676. The highest BCUT2D eigenvalue weighted by Crippen LogP contribution is 2.74. The first-order valence-electron chi connectivity index (χ1n) is 6.91. The third-order valence-electron chi connectivity index (χ3n) is 6.48. The molecule has 4 nitrogen and oxygen atoms in total. The number of carbonyl (C=O) groups excluding carboxylic acids is 2. The Kier molecular flexibility index (Phi) is 1.14. The van der Waals surface area contributed by atoms with Crippen molar-refractivity contribution in [3.8, 4) is 0 Å². The summed E-state index contributed by atoms with van der Waals surface area (Å²) in [5.41, 5.74) is 1.48. The number of ether oxygens (including phenoxy) is 2. The average Bonchev–Trinajstić information content (AvgIpc) is 2.61. The molecule has 0 aromatic rings. The lowest BCUT2D eigenvalue weighted by Gasteiger charge is -2.44. The summed E-state index contributed by atoms with van der Waals surface area (Å²) in [6.45, 7) is 0. The van der Waals surface area contributed by atoms with E-state index in [2.05, 4.69) is 0 Å². The van der Waals surface area contributed by atoms with E-state index in [1.807, 2.05) is 0 Å². The lowest BCUT2D eigenvalue weighted by molar-refractivity contribution is -0.150. The fraction of sp³-hybridized carbons (Fsp3) is 0.714. The Bertz CT molecular complexity index is 576. The van der Waals surface area contributed by atoms with Crippen LogP contribution in [-0.2, 0) is 19.1 Å². The minimum Gasteiger partial charge on any atom is -0.386 e. The van der Waals surface area contributed by atoms with Gasteiger partial charge >= 0.3 is 11.9 Å². The standard InChI is InChI=1S/C14H12O4/c15-13-10-8-3-1-5(9(8)11(10)14(16)18-13)7-4(3)2-6-12(7)17-6/h3-9,12H,1-2H2. The van der Waals surface area contributed by atoms with Crippen molar-refractivity contribution in [2.24, 2.45) is 35.5 Å². The van der Waals surface area contributed by atoms with E-state index in [4.69, 9.17) is 9.47 Å². The molecule has 92 valence electrons. The van der Waals surface area contributed by atoms with Crippen LogP contribution in [0.1, 0.15) is 12.8 Å². The number of rotatable bonds is 0. The van der Waals surface area contributed by atoms with Gasteiger partial charge in [0.05, 0.1) is 23.4 Å². The summed E-state index contributed by atoms with van der Waals surface area (Å²) >= 11 is 0. The van der Waals surface area contributed by atoms with Gasteiger partial charge < -0.3 is 9.47 Å². The van der Waals surface area contributed by atoms with Crippen molar-refractivity contribution < 1.29 is 19.1 Å². The van der Waals surface area contributed by atoms with Crippen molar-refractivity contribution in [3.05, 3.63) is 11.1 Å². The molecule has 3 saturated carbocycles. The maximum atomic E-state index is 11.7. The lowest BCUT2D eigenvalue weighted by Crippen LogP contribution is -2.44. The summed E-state index contributed by atoms with van der Waals surface area (Å²) in [6, 6.07) is 0. The number of hydrogen-bond donors (Lipinski definition) is 0. The molecule has 8 atom stereocenters. The minimum atomic E-state index is -0.355. The van der Waals surface area contributed by atoms with Crippen LogP contribution in [0.2, 0.25) is 0 Å². The van der Waals surface area contributed by atoms with Gasteiger partial charge in [-0.05, 0) is 36.5 Å². The molecule has 6 rings (SSSR count). The Hall–Kier alpha value is -1.16. The molecule has 0 aromatic carbocycles. The summed E-state index contributed by atoms with van der Waals surface area (Å²) < 4.78 is 10.5. The Morgan fingerprint density at radius 3 is 2.39 bits per heavy atom. The first-order valence-corrected chi connectivity index (χ1v) is 6.91. The zero-order valence-electron chi connectivity index (χ0n) is 9.67. The van der Waals surface area contributed by atoms with Gasteiger partial charge in [0.2, 0.25) is 0 Å². The number of hydrogen-bond acceptors (Lipinski definition) is 4. The third-order valence-corrected chi connectivity index (χ3v) is 6.48. The molecule has 8 unspecified atom stereocenters. The lowest BCUT2D eigenvalue weighted by atomic mass is 9.57. The molecular formula is C14H12O4. The van der Waals surface area contributed by atoms with E-state index in [0.717, 1.165) is 17.1 Å². The molecule has 2 aliphatic heterocycles. The highest BCUT2D eigenvalue weighted by Gasteiger charge is 2.74. The molecule has 0 radical (unpaired) electrons. The van der Waals surface area contributed by atoms with Crippen molar-refractivity contribution in [3.63, 3.8) is 0 Å². The topological polar surface area (TPSA) is 55.9 Å². The molecule has 18 heavy (non-hydrogen) atoms.